The van der Waals surface area contributed by atoms with Gasteiger partial charge in [-0.3, -0.25) is 0 Å². The number of nitrogens with two attached hydrogens (primary N) is 1. The molecule has 0 aliphatic heterocycles. The molecule has 0 bridgehead atoms. The normalized spacial score (nSPS) is 12.1. The van der Waals surface area contributed by atoms with Crippen LogP contribution >= 0.6 is 11.6 Å². The summed E-state index contributed by atoms with van der Waals surface area (Å²) >= 11 is 5.51. The minimum Gasteiger partial charge on any atom is -0.313 e. The fourth-order valence-corrected chi connectivity index (χ4v) is 0.441. The van der Waals surface area contributed by atoms with Gasteiger partial charge in [-0.2, -0.15) is 0 Å². The van der Waals surface area contributed by atoms with Gasteiger partial charge in [-0.25, -0.2) is 5.84 Å². The van der Waals surface area contributed by atoms with E-state index in [0.29, 0.717) is 5.03 Å². The summed E-state index contributed by atoms with van der Waals surface area (Å²) in [7, 11) is 0. The van der Waals surface area contributed by atoms with Crippen molar-refractivity contribution in [1.82, 2.24) is 5.01 Å². The highest BCUT2D eigenvalue weighted by atomic mass is 35.5. The SMILES string of the molecule is C=C(Cl)/C=C\N(N)C(C)(C)C. The van der Waals surface area contributed by atoms with Gasteiger partial charge in [-0.15, -0.1) is 0 Å². The molecule has 3 heteroatoms. The Morgan fingerprint density at radius 2 is 2.00 bits per heavy atom. The number of rotatable bonds is 2. The topological polar surface area (TPSA) is 29.3 Å². The Balaban J connectivity index is 4.07. The van der Waals surface area contributed by atoms with Crippen molar-refractivity contribution in [3.63, 3.8) is 0 Å². The van der Waals surface area contributed by atoms with E-state index in [4.69, 9.17) is 17.4 Å². The van der Waals surface area contributed by atoms with E-state index in [2.05, 4.69) is 6.58 Å². The van der Waals surface area contributed by atoms with E-state index in [1.54, 1.807) is 17.3 Å². The van der Waals surface area contributed by atoms with E-state index in [-0.39, 0.29) is 5.54 Å². The Bertz CT molecular complexity index is 167. The van der Waals surface area contributed by atoms with Crippen LogP contribution < -0.4 is 5.84 Å². The quantitative estimate of drug-likeness (QED) is 0.395. The van der Waals surface area contributed by atoms with Gasteiger partial charge in [-0.1, -0.05) is 18.2 Å². The molecule has 0 aromatic rings. The van der Waals surface area contributed by atoms with Crippen LogP contribution in [0.15, 0.2) is 23.9 Å². The van der Waals surface area contributed by atoms with Gasteiger partial charge >= 0.3 is 0 Å². The van der Waals surface area contributed by atoms with Crippen LogP contribution in [0.2, 0.25) is 0 Å². The summed E-state index contributed by atoms with van der Waals surface area (Å²) in [5.74, 6) is 5.65. The third kappa shape index (κ3) is 4.87. The lowest BCUT2D eigenvalue weighted by Gasteiger charge is -2.29. The summed E-state index contributed by atoms with van der Waals surface area (Å²) in [5.41, 5.74) is -0.0805. The molecule has 0 aromatic carbocycles. The molecule has 11 heavy (non-hydrogen) atoms. The zero-order chi connectivity index (χ0) is 9.07. The summed E-state index contributed by atoms with van der Waals surface area (Å²) in [5, 5.41) is 2.06. The molecule has 0 saturated heterocycles. The van der Waals surface area contributed by atoms with Gasteiger partial charge in [-0.05, 0) is 26.8 Å². The molecule has 0 radical (unpaired) electrons. The summed E-state index contributed by atoms with van der Waals surface area (Å²) in [6, 6.07) is 0. The molecule has 0 unspecified atom stereocenters. The van der Waals surface area contributed by atoms with Gasteiger partial charge in [0.25, 0.3) is 0 Å². The first-order valence-electron chi connectivity index (χ1n) is 3.40. The molecule has 2 nitrogen and oxygen atoms in total. The Morgan fingerprint density at radius 3 is 2.27 bits per heavy atom. The maximum atomic E-state index is 5.65. The van der Waals surface area contributed by atoms with E-state index in [0.717, 1.165) is 0 Å². The molecule has 0 aromatic heterocycles. The first-order valence-corrected chi connectivity index (χ1v) is 3.78. The third-order valence-electron chi connectivity index (χ3n) is 1.19. The van der Waals surface area contributed by atoms with Crippen molar-refractivity contribution >= 4 is 11.6 Å². The lowest BCUT2D eigenvalue weighted by Crippen LogP contribution is -2.42. The van der Waals surface area contributed by atoms with Crippen LogP contribution in [0.4, 0.5) is 0 Å². The van der Waals surface area contributed by atoms with Crippen molar-refractivity contribution in [2.45, 2.75) is 26.3 Å². The third-order valence-corrected chi connectivity index (χ3v) is 1.32. The van der Waals surface area contributed by atoms with Crippen LogP contribution in [0.1, 0.15) is 20.8 Å². The smallest absolute Gasteiger partial charge is 0.0470 e. The van der Waals surface area contributed by atoms with Gasteiger partial charge in [0.1, 0.15) is 0 Å². The van der Waals surface area contributed by atoms with E-state index >= 15 is 0 Å². The average molecular weight is 175 g/mol. The Hall–Kier alpha value is -0.470. The minimum atomic E-state index is -0.0805. The van der Waals surface area contributed by atoms with Gasteiger partial charge in [0.05, 0.1) is 0 Å². The van der Waals surface area contributed by atoms with Crippen LogP contribution in [0.3, 0.4) is 0 Å². The molecule has 0 aliphatic rings. The highest BCUT2D eigenvalue weighted by Crippen LogP contribution is 2.09. The molecular weight excluding hydrogens is 160 g/mol. The number of nitrogens with zero attached hydrogens (tertiary/aromatic N) is 1. The maximum Gasteiger partial charge on any atom is 0.0470 e. The van der Waals surface area contributed by atoms with E-state index in [9.17, 15) is 0 Å². The highest BCUT2D eigenvalue weighted by molar-refractivity contribution is 6.30. The van der Waals surface area contributed by atoms with Crippen molar-refractivity contribution in [1.29, 1.82) is 0 Å². The molecule has 0 saturated carbocycles. The van der Waals surface area contributed by atoms with Crippen molar-refractivity contribution in [3.05, 3.63) is 23.9 Å². The second kappa shape index (κ2) is 3.79. The summed E-state index contributed by atoms with van der Waals surface area (Å²) in [4.78, 5) is 0. The fraction of sp³-hybridized carbons (Fsp3) is 0.500. The van der Waals surface area contributed by atoms with Gasteiger partial charge < -0.3 is 5.01 Å². The first kappa shape index (κ1) is 10.5. The Morgan fingerprint density at radius 1 is 1.55 bits per heavy atom. The molecule has 0 aliphatic carbocycles. The van der Waals surface area contributed by atoms with Crippen molar-refractivity contribution < 1.29 is 0 Å². The Kier molecular flexibility index (Phi) is 3.63. The second-order valence-corrected chi connectivity index (χ2v) is 3.83. The highest BCUT2D eigenvalue weighted by Gasteiger charge is 2.13. The predicted molar refractivity (Wildman–Crippen MR) is 49.9 cm³/mol. The summed E-state index contributed by atoms with van der Waals surface area (Å²) in [6.45, 7) is 9.53. The zero-order valence-corrected chi connectivity index (χ0v) is 8.02. The number of hydrogen-bond donors (Lipinski definition) is 1. The van der Waals surface area contributed by atoms with Crippen molar-refractivity contribution in [2.75, 3.05) is 0 Å². The monoisotopic (exact) mass is 174 g/mol. The largest absolute Gasteiger partial charge is 0.313 e. The lowest BCUT2D eigenvalue weighted by molar-refractivity contribution is 0.210. The molecule has 0 amide bonds. The van der Waals surface area contributed by atoms with E-state index in [1.807, 2.05) is 20.8 Å². The average Bonchev–Trinajstić information content (AvgIpc) is 1.80. The second-order valence-electron chi connectivity index (χ2n) is 3.34. The molecule has 0 fully saturated rings. The molecular formula is C8H15ClN2. The van der Waals surface area contributed by atoms with Crippen molar-refractivity contribution in [3.8, 4) is 0 Å². The number of allylic oxidation sites excluding steroid dienone is 2. The van der Waals surface area contributed by atoms with Crippen LogP contribution in [0, 0.1) is 0 Å². The lowest BCUT2D eigenvalue weighted by atomic mass is 10.1. The van der Waals surface area contributed by atoms with Gasteiger partial charge in [0, 0.05) is 16.8 Å². The first-order chi connectivity index (χ1) is 4.84. The number of halogens is 1. The summed E-state index contributed by atoms with van der Waals surface area (Å²) in [6.07, 6.45) is 3.36. The fourth-order valence-electron chi connectivity index (χ4n) is 0.385. The predicted octanol–water partition coefficient (Wildman–Crippen LogP) is 2.23. The minimum absolute atomic E-state index is 0.0805. The zero-order valence-electron chi connectivity index (χ0n) is 7.26. The molecule has 0 heterocycles. The number of hydrazine groups is 1. The molecule has 0 rings (SSSR count). The standard InChI is InChI=1S/C8H15ClN2/c1-7(9)5-6-11(10)8(2,3)4/h5-6H,1,10H2,2-4H3/b6-5-. The van der Waals surface area contributed by atoms with E-state index in [1.165, 1.54) is 0 Å². The van der Waals surface area contributed by atoms with Crippen LogP contribution in [-0.4, -0.2) is 10.5 Å². The van der Waals surface area contributed by atoms with E-state index < -0.39 is 0 Å². The van der Waals surface area contributed by atoms with Crippen LogP contribution in [-0.2, 0) is 0 Å². The number of hydrogen-bond acceptors (Lipinski definition) is 2. The summed E-state index contributed by atoms with van der Waals surface area (Å²) < 4.78 is 0. The van der Waals surface area contributed by atoms with Crippen LogP contribution in [0.5, 0.6) is 0 Å². The van der Waals surface area contributed by atoms with Crippen molar-refractivity contribution in [2.24, 2.45) is 5.84 Å². The molecule has 0 spiro atoms. The van der Waals surface area contributed by atoms with Gasteiger partial charge in [0.2, 0.25) is 0 Å². The molecule has 0 atom stereocenters. The van der Waals surface area contributed by atoms with Crippen LogP contribution in [0.25, 0.3) is 0 Å². The Labute approximate surface area is 73.3 Å². The molecule has 2 N–H and O–H groups in total. The maximum absolute atomic E-state index is 5.65. The van der Waals surface area contributed by atoms with Gasteiger partial charge in [0.15, 0.2) is 0 Å². The molecule has 64 valence electrons.